The van der Waals surface area contributed by atoms with E-state index in [1.165, 1.54) is 0 Å². The van der Waals surface area contributed by atoms with Crippen LogP contribution in [0.4, 0.5) is 0 Å². The van der Waals surface area contributed by atoms with Crippen molar-refractivity contribution < 1.29 is 9.59 Å². The van der Waals surface area contributed by atoms with Crippen LogP contribution in [-0.2, 0) is 25.3 Å². The second-order valence-corrected chi connectivity index (χ2v) is 5.13. The quantitative estimate of drug-likeness (QED) is 0.419. The van der Waals surface area contributed by atoms with Crippen LogP contribution in [0.25, 0.3) is 0 Å². The van der Waals surface area contributed by atoms with E-state index in [1.54, 1.807) is 48.5 Å². The number of hydrogen-bond donors (Lipinski definition) is 0. The van der Waals surface area contributed by atoms with Crippen molar-refractivity contribution in [2.75, 3.05) is 0 Å². The summed E-state index contributed by atoms with van der Waals surface area (Å²) in [6.45, 7) is 0. The van der Waals surface area contributed by atoms with E-state index in [4.69, 9.17) is 0 Å². The summed E-state index contributed by atoms with van der Waals surface area (Å²) in [5.74, 6) is 0. The van der Waals surface area contributed by atoms with Gasteiger partial charge in [0.1, 0.15) is 0 Å². The molecule has 0 aromatic heterocycles. The van der Waals surface area contributed by atoms with Gasteiger partial charge in [0.2, 0.25) is 0 Å². The first-order chi connectivity index (χ1) is 11.6. The van der Waals surface area contributed by atoms with Gasteiger partial charge in [-0.3, -0.25) is 0 Å². The summed E-state index contributed by atoms with van der Waals surface area (Å²) in [6.07, 6.45) is 0. The molecular formula is C20H15O2S2Sb-2. The fourth-order valence-corrected chi connectivity index (χ4v) is 1.76. The zero-order valence-corrected chi connectivity index (χ0v) is 17.4. The van der Waals surface area contributed by atoms with Crippen molar-refractivity contribution in [3.8, 4) is 0 Å². The minimum absolute atomic E-state index is 0. The normalized spacial score (nSPS) is 8.32. The van der Waals surface area contributed by atoms with Gasteiger partial charge in [-0.25, -0.2) is 0 Å². The average molecular weight is 473 g/mol. The zero-order valence-electron chi connectivity index (χ0n) is 13.2. The van der Waals surface area contributed by atoms with Crippen molar-refractivity contribution in [3.63, 3.8) is 0 Å². The predicted molar refractivity (Wildman–Crippen MR) is 107 cm³/mol. The molecule has 0 fully saturated rings. The Labute approximate surface area is 176 Å². The monoisotopic (exact) mass is 472 g/mol. The van der Waals surface area contributed by atoms with Crippen molar-refractivity contribution in [1.82, 2.24) is 0 Å². The van der Waals surface area contributed by atoms with Gasteiger partial charge in [-0.2, -0.15) is 0 Å². The van der Waals surface area contributed by atoms with Gasteiger partial charge in [0.05, 0.1) is 0 Å². The number of rotatable bonds is 2. The molecular weight excluding hydrogens is 458 g/mol. The number of carbonyl (C=O) groups is 2. The number of carbonyl (C=O) groups excluding carboxylic acids is 2. The van der Waals surface area contributed by atoms with E-state index in [2.05, 4.69) is 31.3 Å². The molecule has 3 rings (SSSR count). The molecule has 5 heteroatoms. The smallest absolute Gasteiger partial charge is 0.0422 e. The maximum atomic E-state index is 10.5. The van der Waals surface area contributed by atoms with Gasteiger partial charge in [-0.1, -0.05) is 91.0 Å². The Morgan fingerprint density at radius 2 is 0.920 bits per heavy atom. The first-order valence-corrected chi connectivity index (χ1v) is 7.87. The Kier molecular flexibility index (Phi) is 13.6. The molecule has 3 aromatic carbocycles. The molecule has 4 radical (unpaired) electrons. The molecule has 0 spiro atoms. The van der Waals surface area contributed by atoms with Crippen LogP contribution in [0, 0.1) is 6.07 Å². The van der Waals surface area contributed by atoms with Crippen LogP contribution in [0.3, 0.4) is 0 Å². The third-order valence-electron chi connectivity index (χ3n) is 2.63. The summed E-state index contributed by atoms with van der Waals surface area (Å²) < 4.78 is 0. The zero-order chi connectivity index (χ0) is 17.6. The number of benzene rings is 3. The molecule has 0 bridgehead atoms. The second-order valence-electron chi connectivity index (χ2n) is 4.38. The van der Waals surface area contributed by atoms with Crippen molar-refractivity contribution in [2.24, 2.45) is 0 Å². The van der Waals surface area contributed by atoms with Gasteiger partial charge in [0.15, 0.2) is 0 Å². The predicted octanol–water partition coefficient (Wildman–Crippen LogP) is 3.85. The summed E-state index contributed by atoms with van der Waals surface area (Å²) in [6, 6.07) is 30.2. The van der Waals surface area contributed by atoms with Gasteiger partial charge in [0, 0.05) is 34.7 Å². The van der Waals surface area contributed by atoms with Crippen molar-refractivity contribution in [3.05, 3.63) is 108 Å². The third-order valence-corrected chi connectivity index (χ3v) is 3.10. The molecule has 0 heterocycles. The van der Waals surface area contributed by atoms with Crippen LogP contribution in [0.5, 0.6) is 0 Å². The van der Waals surface area contributed by atoms with Crippen LogP contribution < -0.4 is 0 Å². The molecule has 0 unspecified atom stereocenters. The van der Waals surface area contributed by atoms with Crippen LogP contribution in [0.15, 0.2) is 91.0 Å². The fourth-order valence-electron chi connectivity index (χ4n) is 1.49. The molecule has 25 heavy (non-hydrogen) atoms. The van der Waals surface area contributed by atoms with Crippen LogP contribution in [-0.4, -0.2) is 34.7 Å². The minimum Gasteiger partial charge on any atom is -0.737 e. The van der Waals surface area contributed by atoms with Crippen LogP contribution in [0.1, 0.15) is 20.7 Å². The molecule has 2 nitrogen and oxygen atoms in total. The Morgan fingerprint density at radius 1 is 0.600 bits per heavy atom. The Morgan fingerprint density at radius 3 is 1.08 bits per heavy atom. The van der Waals surface area contributed by atoms with Crippen LogP contribution >= 0.6 is 0 Å². The number of hydrogen-bond acceptors (Lipinski definition) is 4. The first-order valence-electron chi connectivity index (χ1n) is 7.05. The van der Waals surface area contributed by atoms with Crippen LogP contribution in [0.2, 0.25) is 0 Å². The molecule has 0 atom stereocenters. The molecule has 0 N–H and O–H groups in total. The molecule has 0 aliphatic heterocycles. The second kappa shape index (κ2) is 14.6. The molecule has 0 amide bonds. The van der Waals surface area contributed by atoms with Crippen molar-refractivity contribution in [2.45, 2.75) is 0 Å². The summed E-state index contributed by atoms with van der Waals surface area (Å²) in [7, 11) is 0. The summed E-state index contributed by atoms with van der Waals surface area (Å²) in [5, 5.41) is -0.591. The first kappa shape index (κ1) is 23.3. The van der Waals surface area contributed by atoms with E-state index in [0.29, 0.717) is 11.1 Å². The molecule has 0 aliphatic rings. The van der Waals surface area contributed by atoms with E-state index in [0.717, 1.165) is 0 Å². The summed E-state index contributed by atoms with van der Waals surface area (Å²) >= 11 is 8.81. The molecule has 0 aliphatic carbocycles. The summed E-state index contributed by atoms with van der Waals surface area (Å²) in [4.78, 5) is 20.9. The van der Waals surface area contributed by atoms with E-state index in [-0.39, 0.29) is 34.7 Å². The Hall–Kier alpha value is -1.74. The Balaban J connectivity index is 0.000000346. The minimum atomic E-state index is -0.296. The van der Waals surface area contributed by atoms with Gasteiger partial charge in [-0.15, -0.1) is 0 Å². The van der Waals surface area contributed by atoms with E-state index >= 15 is 0 Å². The topological polar surface area (TPSA) is 34.1 Å². The SMILES string of the molecule is O=C([S-])c1ccccc1.O=C([S-])c1ccccc1.[Sb].[c]1ccccc1. The average Bonchev–Trinajstić information content (AvgIpc) is 2.65. The summed E-state index contributed by atoms with van der Waals surface area (Å²) in [5.41, 5.74) is 1.18. The maximum absolute atomic E-state index is 10.5. The Bertz CT molecular complexity index is 644. The van der Waals surface area contributed by atoms with Gasteiger partial charge in [0.25, 0.3) is 0 Å². The third kappa shape index (κ3) is 11.4. The molecule has 0 saturated heterocycles. The maximum Gasteiger partial charge on any atom is 0.0422 e. The standard InChI is InChI=1S/2C7H6OS.C6H5.Sb/c2*8-7(9)6-4-2-1-3-5-6;1-2-4-6-5-3-1;/h2*1-5H,(H,8,9);1-5H;/p-2. The fraction of sp³-hybridized carbons (Fsp3) is 0. The van der Waals surface area contributed by atoms with E-state index < -0.39 is 0 Å². The largest absolute Gasteiger partial charge is 0.737 e. The van der Waals surface area contributed by atoms with E-state index in [9.17, 15) is 9.59 Å². The van der Waals surface area contributed by atoms with Crippen molar-refractivity contribution in [1.29, 1.82) is 0 Å². The molecule has 3 aromatic rings. The van der Waals surface area contributed by atoms with Gasteiger partial charge in [-0.05, 0) is 17.2 Å². The van der Waals surface area contributed by atoms with Gasteiger partial charge >= 0.3 is 0 Å². The van der Waals surface area contributed by atoms with Crippen molar-refractivity contribution >= 4 is 59.9 Å². The molecule has 126 valence electrons. The van der Waals surface area contributed by atoms with Gasteiger partial charge < -0.3 is 34.8 Å². The van der Waals surface area contributed by atoms with E-state index in [1.807, 2.05) is 42.5 Å². The molecule has 0 saturated carbocycles.